The lowest BCUT2D eigenvalue weighted by atomic mass is 10.0. The summed E-state index contributed by atoms with van der Waals surface area (Å²) in [6.07, 6.45) is 3.14. The van der Waals surface area contributed by atoms with Crippen LogP contribution in [0.5, 0.6) is 0 Å². The highest BCUT2D eigenvalue weighted by atomic mass is 19.1. The van der Waals surface area contributed by atoms with Crippen LogP contribution in [0.25, 0.3) is 0 Å². The largest absolute Gasteiger partial charge is 0.363 e. The van der Waals surface area contributed by atoms with Crippen LogP contribution in [0.2, 0.25) is 0 Å². The number of amides is 2. The van der Waals surface area contributed by atoms with Crippen LogP contribution in [0.1, 0.15) is 24.6 Å². The zero-order valence-electron chi connectivity index (χ0n) is 18.4. The molecule has 166 valence electrons. The molecule has 3 rings (SSSR count). The average molecular weight is 428 g/mol. The average Bonchev–Trinajstić information content (AvgIpc) is 2.96. The van der Waals surface area contributed by atoms with E-state index in [1.54, 1.807) is 25.4 Å². The predicted octanol–water partition coefficient (Wildman–Crippen LogP) is 2.16. The van der Waals surface area contributed by atoms with Gasteiger partial charge in [-0.2, -0.15) is 0 Å². The fourth-order valence-corrected chi connectivity index (χ4v) is 3.84. The van der Waals surface area contributed by atoms with Gasteiger partial charge in [0.1, 0.15) is 18.0 Å². The van der Waals surface area contributed by atoms with Crippen molar-refractivity contribution in [2.24, 2.45) is 5.92 Å². The Balaban J connectivity index is 1.68. The lowest BCUT2D eigenvalue weighted by Crippen LogP contribution is -2.37. The number of hydrogen-bond donors (Lipinski definition) is 0. The van der Waals surface area contributed by atoms with Crippen molar-refractivity contribution in [2.75, 3.05) is 45.2 Å². The summed E-state index contributed by atoms with van der Waals surface area (Å²) in [4.78, 5) is 39.2. The molecule has 0 spiro atoms. The molecule has 1 aromatic heterocycles. The highest BCUT2D eigenvalue weighted by molar-refractivity contribution is 5.77. The Morgan fingerprint density at radius 1 is 1.10 bits per heavy atom. The molecular weight excluding hydrogens is 397 g/mol. The molecule has 1 saturated heterocycles. The first-order chi connectivity index (χ1) is 14.8. The van der Waals surface area contributed by atoms with Crippen molar-refractivity contribution >= 4 is 17.6 Å². The standard InChI is InChI=1S/C23H30FN5O2/c1-17(30)28-10-11-29(23(31)9-6-18-4-7-20(24)8-5-18)15-19(14-28)12-21-13-22(27(2)3)26-16-25-21/h4-5,7-8,13,16,19H,6,9-12,14-15H2,1-3H3. The molecule has 0 aliphatic carbocycles. The van der Waals surface area contributed by atoms with Crippen molar-refractivity contribution in [2.45, 2.75) is 26.2 Å². The SMILES string of the molecule is CC(=O)N1CCN(C(=O)CCc2ccc(F)cc2)CC(Cc2cc(N(C)C)ncn2)C1. The Morgan fingerprint density at radius 3 is 2.45 bits per heavy atom. The molecule has 8 heteroatoms. The summed E-state index contributed by atoms with van der Waals surface area (Å²) in [6.45, 7) is 3.79. The number of carbonyl (C=O) groups is 2. The number of aromatic nitrogens is 2. The third-order valence-corrected chi connectivity index (χ3v) is 5.60. The van der Waals surface area contributed by atoms with Gasteiger partial charge >= 0.3 is 0 Å². The Hall–Kier alpha value is -3.03. The summed E-state index contributed by atoms with van der Waals surface area (Å²) in [5, 5.41) is 0. The van der Waals surface area contributed by atoms with Crippen molar-refractivity contribution in [1.82, 2.24) is 19.8 Å². The van der Waals surface area contributed by atoms with Crippen molar-refractivity contribution in [1.29, 1.82) is 0 Å². The minimum atomic E-state index is -0.281. The van der Waals surface area contributed by atoms with Crippen molar-refractivity contribution in [3.05, 3.63) is 53.7 Å². The van der Waals surface area contributed by atoms with Crippen LogP contribution in [-0.2, 0) is 22.4 Å². The smallest absolute Gasteiger partial charge is 0.222 e. The number of halogens is 1. The zero-order valence-corrected chi connectivity index (χ0v) is 18.4. The first kappa shape index (κ1) is 22.7. The minimum Gasteiger partial charge on any atom is -0.363 e. The second-order valence-corrected chi connectivity index (χ2v) is 8.26. The van der Waals surface area contributed by atoms with E-state index in [4.69, 9.17) is 0 Å². The van der Waals surface area contributed by atoms with Crippen molar-refractivity contribution in [3.8, 4) is 0 Å². The minimum absolute atomic E-state index is 0.0160. The molecule has 0 radical (unpaired) electrons. The fraction of sp³-hybridized carbons (Fsp3) is 0.478. The van der Waals surface area contributed by atoms with Gasteiger partial charge in [-0.3, -0.25) is 9.59 Å². The van der Waals surface area contributed by atoms with E-state index in [2.05, 4.69) is 9.97 Å². The van der Waals surface area contributed by atoms with Gasteiger partial charge in [0.05, 0.1) is 0 Å². The van der Waals surface area contributed by atoms with Gasteiger partial charge in [0, 0.05) is 65.4 Å². The fourth-order valence-electron chi connectivity index (χ4n) is 3.84. The van der Waals surface area contributed by atoms with Crippen LogP contribution >= 0.6 is 0 Å². The number of carbonyl (C=O) groups excluding carboxylic acids is 2. The van der Waals surface area contributed by atoms with Crippen LogP contribution in [0.4, 0.5) is 10.2 Å². The quantitative estimate of drug-likeness (QED) is 0.707. The van der Waals surface area contributed by atoms with Gasteiger partial charge < -0.3 is 14.7 Å². The molecule has 2 amide bonds. The number of hydrogen-bond acceptors (Lipinski definition) is 5. The summed E-state index contributed by atoms with van der Waals surface area (Å²) >= 11 is 0. The van der Waals surface area contributed by atoms with Crippen LogP contribution < -0.4 is 4.90 Å². The van der Waals surface area contributed by atoms with E-state index in [9.17, 15) is 14.0 Å². The maximum Gasteiger partial charge on any atom is 0.222 e. The van der Waals surface area contributed by atoms with E-state index < -0.39 is 0 Å². The van der Waals surface area contributed by atoms with Gasteiger partial charge in [0.2, 0.25) is 11.8 Å². The first-order valence-corrected chi connectivity index (χ1v) is 10.6. The zero-order chi connectivity index (χ0) is 22.4. The molecule has 1 aliphatic rings. The number of rotatable bonds is 6. The highest BCUT2D eigenvalue weighted by Gasteiger charge is 2.27. The summed E-state index contributed by atoms with van der Waals surface area (Å²) in [5.74, 6) is 0.705. The lowest BCUT2D eigenvalue weighted by molar-refractivity contribution is -0.132. The van der Waals surface area contributed by atoms with Crippen LogP contribution in [0.3, 0.4) is 0 Å². The molecule has 2 heterocycles. The molecule has 0 N–H and O–H groups in total. The molecule has 1 aromatic carbocycles. The Bertz CT molecular complexity index is 903. The molecule has 1 fully saturated rings. The van der Waals surface area contributed by atoms with E-state index in [1.807, 2.05) is 34.9 Å². The van der Waals surface area contributed by atoms with Crippen LogP contribution in [0.15, 0.2) is 36.7 Å². The Kier molecular flexibility index (Phi) is 7.55. The molecule has 7 nitrogen and oxygen atoms in total. The predicted molar refractivity (Wildman–Crippen MR) is 117 cm³/mol. The molecule has 0 saturated carbocycles. The van der Waals surface area contributed by atoms with Gasteiger partial charge in [-0.25, -0.2) is 14.4 Å². The second kappa shape index (κ2) is 10.3. The van der Waals surface area contributed by atoms with Crippen LogP contribution in [0, 0.1) is 11.7 Å². The third kappa shape index (κ3) is 6.47. The van der Waals surface area contributed by atoms with Crippen molar-refractivity contribution in [3.63, 3.8) is 0 Å². The Morgan fingerprint density at radius 2 is 1.77 bits per heavy atom. The van der Waals surface area contributed by atoms with E-state index in [-0.39, 0.29) is 23.5 Å². The van der Waals surface area contributed by atoms with E-state index in [0.717, 1.165) is 17.1 Å². The third-order valence-electron chi connectivity index (χ3n) is 5.60. The van der Waals surface area contributed by atoms with Crippen molar-refractivity contribution < 1.29 is 14.0 Å². The molecule has 1 aliphatic heterocycles. The molecule has 1 unspecified atom stereocenters. The van der Waals surface area contributed by atoms with Gasteiger partial charge in [-0.15, -0.1) is 0 Å². The summed E-state index contributed by atoms with van der Waals surface area (Å²) in [6, 6.07) is 8.20. The van der Waals surface area contributed by atoms with Gasteiger partial charge in [-0.1, -0.05) is 12.1 Å². The van der Waals surface area contributed by atoms with E-state index >= 15 is 0 Å². The maximum absolute atomic E-state index is 13.1. The van der Waals surface area contributed by atoms with E-state index in [0.29, 0.717) is 45.4 Å². The summed E-state index contributed by atoms with van der Waals surface area (Å²) in [5.41, 5.74) is 1.83. The first-order valence-electron chi connectivity index (χ1n) is 10.6. The number of aryl methyl sites for hydroxylation is 1. The molecule has 0 bridgehead atoms. The molecule has 2 aromatic rings. The molecule has 1 atom stereocenters. The Labute approximate surface area is 182 Å². The molecular formula is C23H30FN5O2. The van der Waals surface area contributed by atoms with Gasteiger partial charge in [-0.05, 0) is 36.5 Å². The summed E-state index contributed by atoms with van der Waals surface area (Å²) in [7, 11) is 3.85. The topological polar surface area (TPSA) is 69.6 Å². The number of nitrogens with zero attached hydrogens (tertiary/aromatic N) is 5. The lowest BCUT2D eigenvalue weighted by Gasteiger charge is -2.24. The van der Waals surface area contributed by atoms with Crippen LogP contribution in [-0.4, -0.2) is 71.9 Å². The van der Waals surface area contributed by atoms with E-state index in [1.165, 1.54) is 12.1 Å². The van der Waals surface area contributed by atoms with Gasteiger partial charge in [0.25, 0.3) is 0 Å². The number of anilines is 1. The monoisotopic (exact) mass is 427 g/mol. The normalized spacial score (nSPS) is 16.7. The number of benzene rings is 1. The summed E-state index contributed by atoms with van der Waals surface area (Å²) < 4.78 is 13.1. The molecule has 31 heavy (non-hydrogen) atoms. The van der Waals surface area contributed by atoms with Gasteiger partial charge in [0.15, 0.2) is 0 Å². The maximum atomic E-state index is 13.1. The highest BCUT2D eigenvalue weighted by Crippen LogP contribution is 2.18. The second-order valence-electron chi connectivity index (χ2n) is 8.26.